The minimum absolute atomic E-state index is 0.0124. The van der Waals surface area contributed by atoms with Gasteiger partial charge in [0.2, 0.25) is 23.6 Å². The lowest BCUT2D eigenvalue weighted by Crippen LogP contribution is -2.49. The Balaban J connectivity index is 1.38. The molecule has 0 aromatic heterocycles. The second-order valence-corrected chi connectivity index (χ2v) is 20.5. The molecule has 0 radical (unpaired) electrons. The highest BCUT2D eigenvalue weighted by molar-refractivity contribution is 6.12. The maximum absolute atomic E-state index is 13.9. The molecule has 23 nitrogen and oxygen atoms in total. The smallest absolute Gasteiger partial charge is 0.329 e. The van der Waals surface area contributed by atoms with E-state index in [4.69, 9.17) is 23.9 Å². The van der Waals surface area contributed by atoms with Gasteiger partial charge in [0.15, 0.2) is 6.04 Å². The first kappa shape index (κ1) is 65.3. The van der Waals surface area contributed by atoms with Crippen molar-refractivity contribution in [2.75, 3.05) is 31.6 Å². The van der Waals surface area contributed by atoms with Crippen LogP contribution in [0.15, 0.2) is 35.3 Å². The van der Waals surface area contributed by atoms with Crippen molar-refractivity contribution in [2.24, 2.45) is 4.99 Å². The summed E-state index contributed by atoms with van der Waals surface area (Å²) in [7, 11) is 0. The molecule has 1 aromatic rings. The van der Waals surface area contributed by atoms with Gasteiger partial charge in [0.25, 0.3) is 23.6 Å². The number of rotatable bonds is 35. The summed E-state index contributed by atoms with van der Waals surface area (Å²) in [6, 6.07) is 0.884. The summed E-state index contributed by atoms with van der Waals surface area (Å²) in [4.78, 5) is 155. The number of unbranched alkanes of at least 4 members (excludes halogenated alkanes) is 14. The Labute approximate surface area is 468 Å². The zero-order valence-corrected chi connectivity index (χ0v) is 47.3. The highest BCUT2D eigenvalue weighted by Crippen LogP contribution is 2.28. The number of imide groups is 1. The van der Waals surface area contributed by atoms with E-state index >= 15 is 0 Å². The van der Waals surface area contributed by atoms with Crippen molar-refractivity contribution in [1.82, 2.24) is 25.7 Å². The topological polar surface area (TPSA) is 292 Å². The van der Waals surface area contributed by atoms with Crippen LogP contribution in [-0.2, 0) is 71.9 Å². The number of amides is 7. The predicted octanol–water partition coefficient (Wildman–Crippen LogP) is 6.53. The minimum atomic E-state index is -1.31. The van der Waals surface area contributed by atoms with Gasteiger partial charge in [-0.2, -0.15) is 10.1 Å². The Morgan fingerprint density at radius 3 is 2.05 bits per heavy atom. The fourth-order valence-corrected chi connectivity index (χ4v) is 9.25. The summed E-state index contributed by atoms with van der Waals surface area (Å²) in [6.07, 6.45) is 18.8. The van der Waals surface area contributed by atoms with E-state index in [9.17, 15) is 52.7 Å². The molecule has 1 aromatic carbocycles. The van der Waals surface area contributed by atoms with Gasteiger partial charge in [0.1, 0.15) is 30.5 Å². The van der Waals surface area contributed by atoms with Gasteiger partial charge in [-0.3, -0.25) is 52.8 Å². The zero-order chi connectivity index (χ0) is 58.4. The molecule has 0 unspecified atom stereocenters. The normalized spacial score (nSPS) is 16.7. The third-order valence-electron chi connectivity index (χ3n) is 13.4. The van der Waals surface area contributed by atoms with E-state index in [1.807, 2.05) is 0 Å². The highest BCUT2D eigenvalue weighted by Gasteiger charge is 2.34. The summed E-state index contributed by atoms with van der Waals surface area (Å²) < 4.78 is 16.9. The lowest BCUT2D eigenvalue weighted by atomic mass is 10.0. The van der Waals surface area contributed by atoms with Crippen LogP contribution in [-0.4, -0.2) is 137 Å². The van der Waals surface area contributed by atoms with Crippen molar-refractivity contribution in [3.05, 3.63) is 35.9 Å². The number of aliphatic imine (C=N–C) groups is 1. The minimum Gasteiger partial charge on any atom is -0.475 e. The van der Waals surface area contributed by atoms with Crippen molar-refractivity contribution in [3.63, 3.8) is 0 Å². The SMILES string of the molecule is CCCCCCCCCCCCCCCC(=O)N(CCCC[C@H](NC(=O)[C@@H]1COC(c2ccc(NC(=O)CCCCN3C(=O)C=CC3=O)cc2OC(C)=O)=N1)C(=O)O[C@H](C)CC(=O)N[C@H]1CCCCN(OC(C)=O)C1=O)OC(C)=O. The maximum atomic E-state index is 13.9. The molecule has 7 amide bonds. The molecule has 3 aliphatic heterocycles. The average Bonchev–Trinajstić information content (AvgIpc) is 4.02. The van der Waals surface area contributed by atoms with E-state index in [2.05, 4.69) is 27.9 Å². The van der Waals surface area contributed by atoms with Crippen LogP contribution in [0.1, 0.15) is 194 Å². The second kappa shape index (κ2) is 35.4. The Bertz CT molecular complexity index is 2360. The Morgan fingerprint density at radius 2 is 1.41 bits per heavy atom. The van der Waals surface area contributed by atoms with Gasteiger partial charge >= 0.3 is 23.9 Å². The molecule has 80 heavy (non-hydrogen) atoms. The van der Waals surface area contributed by atoms with Crippen LogP contribution in [0.5, 0.6) is 5.75 Å². The second-order valence-electron chi connectivity index (χ2n) is 20.5. The van der Waals surface area contributed by atoms with E-state index in [0.29, 0.717) is 38.5 Å². The monoisotopic (exact) mass is 1120 g/mol. The van der Waals surface area contributed by atoms with Gasteiger partial charge in [-0.15, -0.1) is 0 Å². The first-order chi connectivity index (χ1) is 38.3. The highest BCUT2D eigenvalue weighted by atomic mass is 16.7. The molecule has 0 aliphatic carbocycles. The zero-order valence-electron chi connectivity index (χ0n) is 47.3. The number of benzene rings is 1. The van der Waals surface area contributed by atoms with Gasteiger partial charge < -0.3 is 39.8 Å². The molecule has 3 aliphatic rings. The molecular formula is C57H83N7O16. The maximum Gasteiger partial charge on any atom is 0.329 e. The number of carbonyl (C=O) groups excluding carboxylic acids is 11. The number of nitrogens with one attached hydrogen (secondary N) is 3. The molecule has 4 rings (SSSR count). The fraction of sp³-hybridized carbons (Fsp3) is 0.649. The number of hydrogen-bond acceptors (Lipinski definition) is 17. The van der Waals surface area contributed by atoms with Crippen molar-refractivity contribution < 1.29 is 76.6 Å². The molecule has 3 heterocycles. The van der Waals surface area contributed by atoms with Gasteiger partial charge in [0, 0.05) is 64.1 Å². The van der Waals surface area contributed by atoms with Crippen molar-refractivity contribution >= 4 is 76.8 Å². The molecular weight excluding hydrogens is 1040 g/mol. The lowest BCUT2D eigenvalue weighted by molar-refractivity contribution is -0.196. The van der Waals surface area contributed by atoms with Crippen LogP contribution in [0, 0.1) is 0 Å². The molecule has 1 fully saturated rings. The number of hydrogen-bond donors (Lipinski definition) is 3. The first-order valence-electron chi connectivity index (χ1n) is 28.5. The number of anilines is 1. The number of hydroxylamine groups is 4. The number of ether oxygens (including phenoxy) is 3. The van der Waals surface area contributed by atoms with Crippen LogP contribution in [0.4, 0.5) is 5.69 Å². The standard InChI is InChI=1S/C57H83N7O16/c1-6-7-8-9-10-11-12-13-14-15-16-17-18-28-53(72)63(79-41(4)66)34-23-20-26-46(57(75)77-39(2)36-50(69)59-45-25-19-24-35-64(56(45)74)80-42(5)67)60-54(73)47-38-76-55(61-47)44-30-29-43(37-48(44)78-40(3)65)58-49(68)27-21-22-33-62-51(70)31-32-52(62)71/h29-32,37,39,45-47H,6-28,33-36,38H2,1-5H3,(H,58,68)(H,59,69)(H,60,73)/t39-,45+,46+,47+/m1/s1. The summed E-state index contributed by atoms with van der Waals surface area (Å²) in [5.74, 6) is -6.54. The largest absolute Gasteiger partial charge is 0.475 e. The number of esters is 2. The predicted molar refractivity (Wildman–Crippen MR) is 291 cm³/mol. The number of nitrogens with zero attached hydrogens (tertiary/aromatic N) is 4. The van der Waals surface area contributed by atoms with Crippen LogP contribution >= 0.6 is 0 Å². The molecule has 442 valence electrons. The third kappa shape index (κ3) is 24.0. The fourth-order valence-electron chi connectivity index (χ4n) is 9.25. The lowest BCUT2D eigenvalue weighted by Gasteiger charge is -2.24. The van der Waals surface area contributed by atoms with Crippen molar-refractivity contribution in [1.29, 1.82) is 0 Å². The van der Waals surface area contributed by atoms with Gasteiger partial charge in [0.05, 0.1) is 25.1 Å². The summed E-state index contributed by atoms with van der Waals surface area (Å²) in [5.41, 5.74) is 0.444. The Hall–Kier alpha value is -7.20. The molecule has 1 saturated heterocycles. The van der Waals surface area contributed by atoms with E-state index < -0.39 is 77.6 Å². The van der Waals surface area contributed by atoms with Crippen LogP contribution in [0.3, 0.4) is 0 Å². The van der Waals surface area contributed by atoms with E-state index in [-0.39, 0.29) is 99.5 Å². The van der Waals surface area contributed by atoms with Crippen LogP contribution in [0.25, 0.3) is 0 Å². The van der Waals surface area contributed by atoms with E-state index in [1.54, 1.807) is 0 Å². The van der Waals surface area contributed by atoms with Gasteiger partial charge in [-0.25, -0.2) is 9.79 Å². The molecule has 23 heteroatoms. The van der Waals surface area contributed by atoms with Crippen LogP contribution in [0.2, 0.25) is 0 Å². The molecule has 4 atom stereocenters. The van der Waals surface area contributed by atoms with Gasteiger partial charge in [-0.05, 0) is 76.8 Å². The van der Waals surface area contributed by atoms with Gasteiger partial charge in [-0.1, -0.05) is 84.0 Å². The summed E-state index contributed by atoms with van der Waals surface area (Å²) >= 11 is 0. The van der Waals surface area contributed by atoms with Crippen LogP contribution < -0.4 is 20.7 Å². The van der Waals surface area contributed by atoms with E-state index in [0.717, 1.165) is 47.6 Å². The average molecular weight is 1120 g/mol. The molecule has 0 spiro atoms. The van der Waals surface area contributed by atoms with E-state index in [1.165, 1.54) is 102 Å². The molecule has 0 saturated carbocycles. The molecule has 3 N–H and O–H groups in total. The quantitative estimate of drug-likeness (QED) is 0.0214. The summed E-state index contributed by atoms with van der Waals surface area (Å²) in [6.45, 7) is 7.30. The number of carbonyl (C=O) groups is 11. The third-order valence-corrected chi connectivity index (χ3v) is 13.4. The Kier molecular flexibility index (Phi) is 28.9. The summed E-state index contributed by atoms with van der Waals surface area (Å²) in [5, 5.41) is 10.0. The molecule has 0 bridgehead atoms. The first-order valence-corrected chi connectivity index (χ1v) is 28.5. The van der Waals surface area contributed by atoms with Crippen molar-refractivity contribution in [3.8, 4) is 5.75 Å². The van der Waals surface area contributed by atoms with Crippen molar-refractivity contribution in [2.45, 2.75) is 213 Å². The Morgan fingerprint density at radius 1 is 0.762 bits per heavy atom.